The molecule has 0 amide bonds. The van der Waals surface area contributed by atoms with Crippen molar-refractivity contribution in [2.75, 3.05) is 0 Å². The summed E-state index contributed by atoms with van der Waals surface area (Å²) < 4.78 is 0. The highest BCUT2D eigenvalue weighted by Gasteiger charge is 2.49. The van der Waals surface area contributed by atoms with Crippen molar-refractivity contribution in [2.24, 2.45) is 23.2 Å². The van der Waals surface area contributed by atoms with Gasteiger partial charge in [-0.25, -0.2) is 0 Å². The number of rotatable bonds is 3. The third-order valence-corrected chi connectivity index (χ3v) is 6.03. The zero-order chi connectivity index (χ0) is 15.5. The number of hydrogen-bond acceptors (Lipinski definition) is 4. The second-order valence-electron chi connectivity index (χ2n) is 7.07. The Balaban J connectivity index is 2.22. The van der Waals surface area contributed by atoms with E-state index < -0.39 is 5.92 Å². The molecule has 0 aromatic heterocycles. The van der Waals surface area contributed by atoms with E-state index in [2.05, 4.69) is 19.1 Å². The molecule has 4 heteroatoms. The van der Waals surface area contributed by atoms with Gasteiger partial charge in [0.2, 0.25) is 0 Å². The monoisotopic (exact) mass is 290 g/mol. The molecule has 0 unspecified atom stereocenters. The van der Waals surface area contributed by atoms with Crippen LogP contribution < -0.4 is 0 Å². The Labute approximate surface area is 127 Å². The first kappa shape index (κ1) is 16.3. The molecule has 21 heavy (non-hydrogen) atoms. The van der Waals surface area contributed by atoms with Gasteiger partial charge in [-0.1, -0.05) is 6.92 Å². The second kappa shape index (κ2) is 6.77. The summed E-state index contributed by atoms with van der Waals surface area (Å²) >= 11 is 0. The van der Waals surface area contributed by atoms with E-state index in [0.717, 1.165) is 51.4 Å². The van der Waals surface area contributed by atoms with E-state index in [4.69, 9.17) is 0 Å². The molecule has 4 nitrogen and oxygen atoms in total. The zero-order valence-corrected chi connectivity index (χ0v) is 12.8. The zero-order valence-electron chi connectivity index (χ0n) is 12.8. The second-order valence-corrected chi connectivity index (χ2v) is 7.07. The van der Waals surface area contributed by atoms with Gasteiger partial charge in [0.15, 0.2) is 0 Å². The highest BCUT2D eigenvalue weighted by molar-refractivity contribution is 5.12. The van der Waals surface area contributed by atoms with Crippen LogP contribution in [0, 0.1) is 45.8 Å². The summed E-state index contributed by atoms with van der Waals surface area (Å²) in [7, 11) is 0. The lowest BCUT2D eigenvalue weighted by atomic mass is 9.55. The molecule has 0 aromatic rings. The molecular formula is C17H26N2O2. The fourth-order valence-electron chi connectivity index (χ4n) is 4.51. The van der Waals surface area contributed by atoms with Gasteiger partial charge in [-0.2, -0.15) is 10.5 Å². The first-order valence-corrected chi connectivity index (χ1v) is 8.17. The fourth-order valence-corrected chi connectivity index (χ4v) is 4.51. The Morgan fingerprint density at radius 2 is 1.14 bits per heavy atom. The molecule has 2 N–H and O–H groups in total. The quantitative estimate of drug-likeness (QED) is 0.836. The summed E-state index contributed by atoms with van der Waals surface area (Å²) in [6, 6.07) is 4.45. The third-order valence-electron chi connectivity index (χ3n) is 6.03. The standard InChI is InChI=1S/C17H26N2O2/c1-17(14(10-18)11-19,12-2-6-15(20)7-3-12)13-4-8-16(21)9-5-13/h12-16,20-21H,2-9H2,1H3. The van der Waals surface area contributed by atoms with E-state index in [-0.39, 0.29) is 17.6 Å². The number of aliphatic hydroxyl groups is 2. The molecule has 0 radical (unpaired) electrons. The van der Waals surface area contributed by atoms with Crippen LogP contribution in [0.15, 0.2) is 0 Å². The van der Waals surface area contributed by atoms with Crippen LogP contribution in [-0.4, -0.2) is 22.4 Å². The number of hydrogen-bond donors (Lipinski definition) is 2. The number of nitrogens with zero attached hydrogens (tertiary/aromatic N) is 2. The van der Waals surface area contributed by atoms with Crippen LogP contribution in [-0.2, 0) is 0 Å². The Morgan fingerprint density at radius 1 is 0.810 bits per heavy atom. The van der Waals surface area contributed by atoms with Gasteiger partial charge >= 0.3 is 0 Å². The molecule has 0 atom stereocenters. The maximum Gasteiger partial charge on any atom is 0.139 e. The van der Waals surface area contributed by atoms with Crippen LogP contribution in [0.2, 0.25) is 0 Å². The largest absolute Gasteiger partial charge is 0.393 e. The smallest absolute Gasteiger partial charge is 0.139 e. The van der Waals surface area contributed by atoms with E-state index in [1.165, 1.54) is 0 Å². The van der Waals surface area contributed by atoms with Crippen molar-refractivity contribution in [2.45, 2.75) is 70.5 Å². The molecular weight excluding hydrogens is 264 g/mol. The molecule has 0 saturated heterocycles. The predicted octanol–water partition coefficient (Wildman–Crippen LogP) is 2.76. The average Bonchev–Trinajstić information content (AvgIpc) is 2.49. The lowest BCUT2D eigenvalue weighted by Crippen LogP contribution is -2.45. The summed E-state index contributed by atoms with van der Waals surface area (Å²) in [5, 5.41) is 38.4. The van der Waals surface area contributed by atoms with Crippen LogP contribution in [0.5, 0.6) is 0 Å². The van der Waals surface area contributed by atoms with E-state index in [9.17, 15) is 20.7 Å². The maximum absolute atomic E-state index is 9.73. The summed E-state index contributed by atoms with van der Waals surface area (Å²) in [5.41, 5.74) is -0.316. The highest BCUT2D eigenvalue weighted by Crippen LogP contribution is 2.52. The first-order chi connectivity index (χ1) is 10.0. The van der Waals surface area contributed by atoms with Gasteiger partial charge in [-0.3, -0.25) is 0 Å². The highest BCUT2D eigenvalue weighted by atomic mass is 16.3. The topological polar surface area (TPSA) is 88.0 Å². The van der Waals surface area contributed by atoms with E-state index in [1.54, 1.807) is 0 Å². The van der Waals surface area contributed by atoms with Crippen LogP contribution in [0.25, 0.3) is 0 Å². The molecule has 2 rings (SSSR count). The molecule has 2 saturated carbocycles. The lowest BCUT2D eigenvalue weighted by molar-refractivity contribution is -0.0215. The third kappa shape index (κ3) is 3.23. The molecule has 0 spiro atoms. The Kier molecular flexibility index (Phi) is 5.25. The van der Waals surface area contributed by atoms with Gasteiger partial charge in [-0.15, -0.1) is 0 Å². The number of aliphatic hydroxyl groups excluding tert-OH is 2. The van der Waals surface area contributed by atoms with Crippen molar-refractivity contribution in [3.8, 4) is 12.1 Å². The lowest BCUT2D eigenvalue weighted by Gasteiger charge is -2.48. The summed E-state index contributed by atoms with van der Waals surface area (Å²) in [6.45, 7) is 2.11. The van der Waals surface area contributed by atoms with Gasteiger partial charge in [-0.05, 0) is 63.2 Å². The Morgan fingerprint density at radius 3 is 1.43 bits per heavy atom. The van der Waals surface area contributed by atoms with Gasteiger partial charge < -0.3 is 10.2 Å². The molecule has 2 fully saturated rings. The minimum atomic E-state index is -0.599. The molecule has 2 aliphatic rings. The van der Waals surface area contributed by atoms with Crippen molar-refractivity contribution in [1.29, 1.82) is 10.5 Å². The van der Waals surface area contributed by atoms with E-state index in [0.29, 0.717) is 11.8 Å². The van der Waals surface area contributed by atoms with Crippen LogP contribution >= 0.6 is 0 Å². The minimum absolute atomic E-state index is 0.221. The first-order valence-electron chi connectivity index (χ1n) is 8.17. The van der Waals surface area contributed by atoms with Crippen molar-refractivity contribution >= 4 is 0 Å². The van der Waals surface area contributed by atoms with Crippen LogP contribution in [0.3, 0.4) is 0 Å². The Bertz CT molecular complexity index is 385. The molecule has 116 valence electrons. The molecule has 0 bridgehead atoms. The predicted molar refractivity (Wildman–Crippen MR) is 78.8 cm³/mol. The van der Waals surface area contributed by atoms with Crippen molar-refractivity contribution in [1.82, 2.24) is 0 Å². The summed E-state index contributed by atoms with van der Waals surface area (Å²) in [5.74, 6) is 0.0499. The maximum atomic E-state index is 9.73. The minimum Gasteiger partial charge on any atom is -0.393 e. The number of nitriles is 2. The van der Waals surface area contributed by atoms with Gasteiger partial charge in [0.05, 0.1) is 24.3 Å². The summed E-state index contributed by atoms with van der Waals surface area (Å²) in [4.78, 5) is 0. The Hall–Kier alpha value is -1.10. The average molecular weight is 290 g/mol. The van der Waals surface area contributed by atoms with Gasteiger partial charge in [0, 0.05) is 5.41 Å². The van der Waals surface area contributed by atoms with Crippen molar-refractivity contribution in [3.05, 3.63) is 0 Å². The molecule has 0 aromatic carbocycles. The van der Waals surface area contributed by atoms with Crippen molar-refractivity contribution in [3.63, 3.8) is 0 Å². The SMILES string of the molecule is CC(C(C#N)C#N)(C1CCC(O)CC1)C1CCC(O)CC1. The molecule has 0 heterocycles. The van der Waals surface area contributed by atoms with Crippen LogP contribution in [0.1, 0.15) is 58.3 Å². The van der Waals surface area contributed by atoms with Gasteiger partial charge in [0.1, 0.15) is 5.92 Å². The molecule has 0 aliphatic heterocycles. The summed E-state index contributed by atoms with van der Waals surface area (Å²) in [6.07, 6.45) is 6.26. The van der Waals surface area contributed by atoms with Crippen molar-refractivity contribution < 1.29 is 10.2 Å². The van der Waals surface area contributed by atoms with E-state index >= 15 is 0 Å². The van der Waals surface area contributed by atoms with Crippen LogP contribution in [0.4, 0.5) is 0 Å². The normalized spacial score (nSPS) is 36.5. The molecule has 2 aliphatic carbocycles. The van der Waals surface area contributed by atoms with E-state index in [1.807, 2.05) is 0 Å². The fraction of sp³-hybridized carbons (Fsp3) is 0.882. The van der Waals surface area contributed by atoms with Gasteiger partial charge in [0.25, 0.3) is 0 Å².